The largest absolute Gasteiger partial charge is 0.419 e. The molecule has 0 aliphatic heterocycles. The predicted octanol–water partition coefficient (Wildman–Crippen LogP) is 3.38. The highest BCUT2D eigenvalue weighted by Gasteiger charge is 2.36. The van der Waals surface area contributed by atoms with Crippen molar-refractivity contribution < 1.29 is 22.7 Å². The van der Waals surface area contributed by atoms with Crippen LogP contribution in [0.3, 0.4) is 0 Å². The van der Waals surface area contributed by atoms with Crippen LogP contribution in [0.25, 0.3) is 0 Å². The monoisotopic (exact) mass is 236 g/mol. The molecule has 0 heterocycles. The number of aliphatic hydroxyl groups is 1. The summed E-state index contributed by atoms with van der Waals surface area (Å²) in [5.74, 6) is -1.33. The minimum Gasteiger partial charge on any atom is -0.386 e. The molecule has 0 unspecified atom stereocenters. The molecule has 90 valence electrons. The molecule has 0 saturated heterocycles. The van der Waals surface area contributed by atoms with Gasteiger partial charge < -0.3 is 5.11 Å². The van der Waals surface area contributed by atoms with Gasteiger partial charge in [0.2, 0.25) is 0 Å². The number of hydrogen-bond acceptors (Lipinski definition) is 1. The fourth-order valence-electron chi connectivity index (χ4n) is 1.57. The first kappa shape index (κ1) is 13.0. The lowest BCUT2D eigenvalue weighted by molar-refractivity contribution is -0.140. The van der Waals surface area contributed by atoms with E-state index in [-0.39, 0.29) is 11.1 Å². The second kappa shape index (κ2) is 3.73. The van der Waals surface area contributed by atoms with Crippen LogP contribution in [-0.4, -0.2) is 5.11 Å². The molecule has 1 aromatic carbocycles. The lowest BCUT2D eigenvalue weighted by Crippen LogP contribution is -2.20. The van der Waals surface area contributed by atoms with Crippen molar-refractivity contribution in [2.45, 2.75) is 32.5 Å². The van der Waals surface area contributed by atoms with Crippen molar-refractivity contribution in [1.82, 2.24) is 0 Å². The van der Waals surface area contributed by atoms with Gasteiger partial charge in [0.1, 0.15) is 5.82 Å². The van der Waals surface area contributed by atoms with E-state index in [0.29, 0.717) is 6.07 Å². The number of alkyl halides is 3. The van der Waals surface area contributed by atoms with Gasteiger partial charge in [-0.15, -0.1) is 0 Å². The summed E-state index contributed by atoms with van der Waals surface area (Å²) in [6.07, 6.45) is -4.72. The van der Waals surface area contributed by atoms with Gasteiger partial charge >= 0.3 is 6.18 Å². The molecule has 0 aliphatic rings. The van der Waals surface area contributed by atoms with Crippen LogP contribution < -0.4 is 0 Å². The molecule has 1 aromatic rings. The quantitative estimate of drug-likeness (QED) is 0.741. The topological polar surface area (TPSA) is 20.2 Å². The van der Waals surface area contributed by atoms with Gasteiger partial charge in [-0.05, 0) is 38.0 Å². The van der Waals surface area contributed by atoms with E-state index in [1.54, 1.807) is 0 Å². The summed E-state index contributed by atoms with van der Waals surface area (Å²) in [6, 6.07) is 1.75. The SMILES string of the molecule is Cc1c(C(C)(C)O)ccc(C(F)(F)F)c1F. The Hall–Kier alpha value is -1.10. The maximum absolute atomic E-state index is 13.5. The van der Waals surface area contributed by atoms with E-state index >= 15 is 0 Å². The zero-order valence-corrected chi connectivity index (χ0v) is 9.11. The molecule has 0 bridgehead atoms. The first-order chi connectivity index (χ1) is 7.05. The van der Waals surface area contributed by atoms with E-state index in [0.717, 1.165) is 6.07 Å². The first-order valence-electron chi connectivity index (χ1n) is 4.64. The van der Waals surface area contributed by atoms with Crippen molar-refractivity contribution in [1.29, 1.82) is 0 Å². The number of halogens is 4. The summed E-state index contributed by atoms with van der Waals surface area (Å²) in [5, 5.41) is 9.64. The number of hydrogen-bond donors (Lipinski definition) is 1. The van der Waals surface area contributed by atoms with Gasteiger partial charge in [0.15, 0.2) is 0 Å². The van der Waals surface area contributed by atoms with Crippen molar-refractivity contribution in [2.24, 2.45) is 0 Å². The molecule has 1 N–H and O–H groups in total. The predicted molar refractivity (Wildman–Crippen MR) is 51.4 cm³/mol. The highest BCUT2D eigenvalue weighted by Crippen LogP contribution is 2.35. The molecule has 5 heteroatoms. The second-order valence-corrected chi connectivity index (χ2v) is 4.16. The van der Waals surface area contributed by atoms with Crippen LogP contribution in [-0.2, 0) is 11.8 Å². The lowest BCUT2D eigenvalue weighted by Gasteiger charge is -2.22. The second-order valence-electron chi connectivity index (χ2n) is 4.16. The molecule has 1 rings (SSSR count). The summed E-state index contributed by atoms with van der Waals surface area (Å²) >= 11 is 0. The van der Waals surface area contributed by atoms with Gasteiger partial charge in [0.25, 0.3) is 0 Å². The normalized spacial score (nSPS) is 13.0. The average molecular weight is 236 g/mol. The fraction of sp³-hybridized carbons (Fsp3) is 0.455. The molecule has 0 radical (unpaired) electrons. The highest BCUT2D eigenvalue weighted by molar-refractivity contribution is 5.37. The molecular formula is C11H12F4O. The molecule has 0 atom stereocenters. The number of benzene rings is 1. The van der Waals surface area contributed by atoms with Crippen molar-refractivity contribution in [3.05, 3.63) is 34.6 Å². The van der Waals surface area contributed by atoms with Gasteiger partial charge in [0, 0.05) is 0 Å². The molecule has 0 aromatic heterocycles. The van der Waals surface area contributed by atoms with Crippen LogP contribution in [0.15, 0.2) is 12.1 Å². The molecule has 0 aliphatic carbocycles. The van der Waals surface area contributed by atoms with E-state index in [2.05, 4.69) is 0 Å². The smallest absolute Gasteiger partial charge is 0.386 e. The van der Waals surface area contributed by atoms with Crippen molar-refractivity contribution in [2.75, 3.05) is 0 Å². The molecule has 1 nitrogen and oxygen atoms in total. The van der Waals surface area contributed by atoms with E-state index in [1.165, 1.54) is 20.8 Å². The van der Waals surface area contributed by atoms with E-state index in [1.807, 2.05) is 0 Å². The Bertz CT molecular complexity index is 363. The minimum atomic E-state index is -4.72. The van der Waals surface area contributed by atoms with Crippen molar-refractivity contribution >= 4 is 0 Å². The van der Waals surface area contributed by atoms with E-state index < -0.39 is 23.2 Å². The third-order valence-corrected chi connectivity index (χ3v) is 2.35. The first-order valence-corrected chi connectivity index (χ1v) is 4.64. The van der Waals surface area contributed by atoms with Gasteiger partial charge in [-0.2, -0.15) is 13.2 Å². The Balaban J connectivity index is 3.41. The maximum Gasteiger partial charge on any atom is 0.419 e. The standard InChI is InChI=1S/C11H12F4O/c1-6-7(10(2,3)16)4-5-8(9(6)12)11(13,14)15/h4-5,16H,1-3H3. The Kier molecular flexibility index (Phi) is 3.02. The van der Waals surface area contributed by atoms with Gasteiger partial charge in [-0.1, -0.05) is 6.07 Å². The fourth-order valence-corrected chi connectivity index (χ4v) is 1.57. The Morgan fingerprint density at radius 1 is 1.06 bits per heavy atom. The summed E-state index contributed by atoms with van der Waals surface area (Å²) < 4.78 is 50.5. The molecule has 0 saturated carbocycles. The summed E-state index contributed by atoms with van der Waals surface area (Å²) in [6.45, 7) is 4.00. The zero-order valence-electron chi connectivity index (χ0n) is 9.11. The van der Waals surface area contributed by atoms with Crippen LogP contribution in [0.5, 0.6) is 0 Å². The van der Waals surface area contributed by atoms with Gasteiger partial charge in [0.05, 0.1) is 11.2 Å². The zero-order chi connectivity index (χ0) is 12.7. The van der Waals surface area contributed by atoms with Crippen molar-refractivity contribution in [3.63, 3.8) is 0 Å². The molecule has 0 spiro atoms. The molecule has 0 amide bonds. The summed E-state index contributed by atoms with van der Waals surface area (Å²) in [4.78, 5) is 0. The van der Waals surface area contributed by atoms with Crippen molar-refractivity contribution in [3.8, 4) is 0 Å². The third kappa shape index (κ3) is 2.35. The van der Waals surface area contributed by atoms with E-state index in [4.69, 9.17) is 0 Å². The molecular weight excluding hydrogens is 224 g/mol. The maximum atomic E-state index is 13.5. The van der Waals surface area contributed by atoms with Crippen LogP contribution in [0, 0.1) is 12.7 Å². The highest BCUT2D eigenvalue weighted by atomic mass is 19.4. The summed E-state index contributed by atoms with van der Waals surface area (Å²) in [5.41, 5.74) is -2.70. The lowest BCUT2D eigenvalue weighted by atomic mass is 9.92. The third-order valence-electron chi connectivity index (χ3n) is 2.35. The Morgan fingerprint density at radius 2 is 1.50 bits per heavy atom. The number of rotatable bonds is 1. The average Bonchev–Trinajstić information content (AvgIpc) is 2.05. The summed E-state index contributed by atoms with van der Waals surface area (Å²) in [7, 11) is 0. The minimum absolute atomic E-state index is 0.151. The Morgan fingerprint density at radius 3 is 1.88 bits per heavy atom. The molecule has 0 fully saturated rings. The van der Waals surface area contributed by atoms with Gasteiger partial charge in [-0.25, -0.2) is 4.39 Å². The van der Waals surface area contributed by atoms with Crippen LogP contribution >= 0.6 is 0 Å². The van der Waals surface area contributed by atoms with Crippen LogP contribution in [0.2, 0.25) is 0 Å². The van der Waals surface area contributed by atoms with Crippen LogP contribution in [0.4, 0.5) is 17.6 Å². The Labute approximate surface area is 90.7 Å². The van der Waals surface area contributed by atoms with Gasteiger partial charge in [-0.3, -0.25) is 0 Å². The van der Waals surface area contributed by atoms with E-state index in [9.17, 15) is 22.7 Å². The molecule has 16 heavy (non-hydrogen) atoms. The van der Waals surface area contributed by atoms with Crippen LogP contribution in [0.1, 0.15) is 30.5 Å².